The van der Waals surface area contributed by atoms with Crippen LogP contribution >= 0.6 is 11.6 Å². The highest BCUT2D eigenvalue weighted by Crippen LogP contribution is 2.11. The van der Waals surface area contributed by atoms with Gasteiger partial charge < -0.3 is 9.64 Å². The summed E-state index contributed by atoms with van der Waals surface area (Å²) in [5.41, 5.74) is 2.10. The van der Waals surface area contributed by atoms with Crippen LogP contribution < -0.4 is 0 Å². The molecule has 0 spiro atoms. The molecule has 6 heteroatoms. The number of ether oxygens (including phenoxy) is 1. The van der Waals surface area contributed by atoms with E-state index in [1.807, 2.05) is 18.2 Å². The van der Waals surface area contributed by atoms with Gasteiger partial charge in [-0.2, -0.15) is 0 Å². The van der Waals surface area contributed by atoms with Crippen LogP contribution in [0.25, 0.3) is 6.08 Å². The number of carbonyl (C=O) groups is 2. The zero-order valence-electron chi connectivity index (χ0n) is 15.6. The van der Waals surface area contributed by atoms with Crippen LogP contribution in [0.1, 0.15) is 11.1 Å². The van der Waals surface area contributed by atoms with Gasteiger partial charge in [-0.25, -0.2) is 4.79 Å². The van der Waals surface area contributed by atoms with E-state index in [0.717, 1.165) is 25.2 Å². The van der Waals surface area contributed by atoms with E-state index in [1.54, 1.807) is 35.2 Å². The molecular formula is C22H23ClN2O3. The largest absolute Gasteiger partial charge is 0.452 e. The van der Waals surface area contributed by atoms with Gasteiger partial charge in [-0.05, 0) is 29.3 Å². The third-order valence-electron chi connectivity index (χ3n) is 4.59. The van der Waals surface area contributed by atoms with Gasteiger partial charge in [0.15, 0.2) is 6.61 Å². The van der Waals surface area contributed by atoms with E-state index < -0.39 is 5.97 Å². The molecule has 1 fully saturated rings. The zero-order valence-corrected chi connectivity index (χ0v) is 16.3. The molecule has 1 amide bonds. The maximum absolute atomic E-state index is 12.3. The fourth-order valence-corrected chi connectivity index (χ4v) is 3.13. The number of nitrogens with zero attached hydrogens (tertiary/aromatic N) is 2. The lowest BCUT2D eigenvalue weighted by atomic mass is 10.2. The molecule has 0 aromatic heterocycles. The van der Waals surface area contributed by atoms with Crippen molar-refractivity contribution in [3.63, 3.8) is 0 Å². The smallest absolute Gasteiger partial charge is 0.331 e. The van der Waals surface area contributed by atoms with Crippen molar-refractivity contribution in [1.29, 1.82) is 0 Å². The molecular weight excluding hydrogens is 376 g/mol. The number of carbonyl (C=O) groups excluding carboxylic acids is 2. The Balaban J connectivity index is 1.38. The van der Waals surface area contributed by atoms with Crippen LogP contribution in [0.5, 0.6) is 0 Å². The van der Waals surface area contributed by atoms with Crippen molar-refractivity contribution in [2.75, 3.05) is 32.8 Å². The molecule has 146 valence electrons. The van der Waals surface area contributed by atoms with Crippen LogP contribution in [0.2, 0.25) is 5.02 Å². The van der Waals surface area contributed by atoms with Crippen LogP contribution in [0.15, 0.2) is 60.7 Å². The second kappa shape index (κ2) is 10.1. The molecule has 2 aromatic rings. The predicted octanol–water partition coefficient (Wildman–Crippen LogP) is 3.24. The Labute approximate surface area is 170 Å². The molecule has 28 heavy (non-hydrogen) atoms. The number of benzene rings is 2. The summed E-state index contributed by atoms with van der Waals surface area (Å²) in [4.78, 5) is 28.1. The molecule has 1 aliphatic rings. The van der Waals surface area contributed by atoms with E-state index in [4.69, 9.17) is 16.3 Å². The number of piperazine rings is 1. The summed E-state index contributed by atoms with van der Waals surface area (Å²) in [6.45, 7) is 3.56. The molecule has 0 radical (unpaired) electrons. The molecule has 1 aliphatic heterocycles. The fraction of sp³-hybridized carbons (Fsp3) is 0.273. The lowest BCUT2D eigenvalue weighted by molar-refractivity contribution is -0.149. The average molecular weight is 399 g/mol. The Kier molecular flexibility index (Phi) is 7.23. The first-order valence-corrected chi connectivity index (χ1v) is 9.62. The number of halogens is 1. The number of hydrogen-bond acceptors (Lipinski definition) is 4. The van der Waals surface area contributed by atoms with E-state index in [0.29, 0.717) is 18.1 Å². The Morgan fingerprint density at radius 2 is 1.64 bits per heavy atom. The Morgan fingerprint density at radius 1 is 0.964 bits per heavy atom. The molecule has 0 saturated carbocycles. The fourth-order valence-electron chi connectivity index (χ4n) is 3.01. The normalized spacial score (nSPS) is 15.0. The first kappa shape index (κ1) is 20.1. The van der Waals surface area contributed by atoms with Crippen LogP contribution in [0.3, 0.4) is 0 Å². The van der Waals surface area contributed by atoms with Gasteiger partial charge in [-0.3, -0.25) is 9.69 Å². The Hall–Kier alpha value is -2.63. The third kappa shape index (κ3) is 6.22. The van der Waals surface area contributed by atoms with Crippen molar-refractivity contribution in [1.82, 2.24) is 9.80 Å². The molecule has 0 bridgehead atoms. The van der Waals surface area contributed by atoms with Crippen molar-refractivity contribution >= 4 is 29.6 Å². The topological polar surface area (TPSA) is 49.9 Å². The van der Waals surface area contributed by atoms with Gasteiger partial charge >= 0.3 is 5.97 Å². The van der Waals surface area contributed by atoms with E-state index >= 15 is 0 Å². The molecule has 0 unspecified atom stereocenters. The second-order valence-corrected chi connectivity index (χ2v) is 7.07. The molecule has 0 atom stereocenters. The van der Waals surface area contributed by atoms with Gasteiger partial charge in [0.2, 0.25) is 0 Å². The van der Waals surface area contributed by atoms with Crippen LogP contribution in [0, 0.1) is 0 Å². The Morgan fingerprint density at radius 3 is 2.32 bits per heavy atom. The average Bonchev–Trinajstić information content (AvgIpc) is 2.73. The molecule has 0 aliphatic carbocycles. The van der Waals surface area contributed by atoms with E-state index in [2.05, 4.69) is 17.0 Å². The number of hydrogen-bond donors (Lipinski definition) is 0. The van der Waals surface area contributed by atoms with Gasteiger partial charge in [-0.1, -0.05) is 54.1 Å². The maximum atomic E-state index is 12.3. The molecule has 3 rings (SSSR count). The van der Waals surface area contributed by atoms with Crippen molar-refractivity contribution in [2.45, 2.75) is 6.54 Å². The minimum Gasteiger partial charge on any atom is -0.452 e. The highest BCUT2D eigenvalue weighted by Gasteiger charge is 2.21. The van der Waals surface area contributed by atoms with Crippen LogP contribution in [-0.2, 0) is 20.9 Å². The predicted molar refractivity (Wildman–Crippen MR) is 110 cm³/mol. The monoisotopic (exact) mass is 398 g/mol. The summed E-state index contributed by atoms with van der Waals surface area (Å²) in [5, 5.41) is 0.634. The first-order chi connectivity index (χ1) is 13.6. The lowest BCUT2D eigenvalue weighted by Crippen LogP contribution is -2.49. The van der Waals surface area contributed by atoms with Gasteiger partial charge in [0.05, 0.1) is 0 Å². The molecule has 5 nitrogen and oxygen atoms in total. The van der Waals surface area contributed by atoms with Crippen molar-refractivity contribution in [3.05, 3.63) is 76.8 Å². The summed E-state index contributed by atoms with van der Waals surface area (Å²) in [5.74, 6) is -0.696. The zero-order chi connectivity index (χ0) is 19.8. The van der Waals surface area contributed by atoms with Crippen molar-refractivity contribution in [3.8, 4) is 0 Å². The maximum Gasteiger partial charge on any atom is 0.331 e. The SMILES string of the molecule is O=C(/C=C/c1ccc(Cl)cc1)OCC(=O)N1CCN(Cc2ccccc2)CC1. The standard InChI is InChI=1S/C22H23ClN2O3/c23-20-9-6-18(7-10-20)8-11-22(27)28-17-21(26)25-14-12-24(13-15-25)16-19-4-2-1-3-5-19/h1-11H,12-17H2/b11-8+. The minimum absolute atomic E-state index is 0.160. The van der Waals surface area contributed by atoms with Gasteiger partial charge in [0.1, 0.15) is 0 Å². The van der Waals surface area contributed by atoms with Gasteiger partial charge in [0, 0.05) is 43.8 Å². The van der Waals surface area contributed by atoms with Crippen LogP contribution in [-0.4, -0.2) is 54.5 Å². The summed E-state index contributed by atoms with van der Waals surface area (Å²) in [6, 6.07) is 17.4. The number of amides is 1. The Bertz CT molecular complexity index is 813. The number of esters is 1. The highest BCUT2D eigenvalue weighted by atomic mass is 35.5. The molecule has 1 saturated heterocycles. The third-order valence-corrected chi connectivity index (χ3v) is 4.85. The summed E-state index contributed by atoms with van der Waals surface area (Å²) in [6.07, 6.45) is 2.94. The number of rotatable bonds is 6. The van der Waals surface area contributed by atoms with Crippen molar-refractivity contribution < 1.29 is 14.3 Å². The summed E-state index contributed by atoms with van der Waals surface area (Å²) >= 11 is 5.82. The quantitative estimate of drug-likeness (QED) is 0.553. The summed E-state index contributed by atoms with van der Waals surface area (Å²) in [7, 11) is 0. The molecule has 0 N–H and O–H groups in total. The van der Waals surface area contributed by atoms with E-state index in [1.165, 1.54) is 11.6 Å². The lowest BCUT2D eigenvalue weighted by Gasteiger charge is -2.34. The molecule has 1 heterocycles. The van der Waals surface area contributed by atoms with E-state index in [9.17, 15) is 9.59 Å². The van der Waals surface area contributed by atoms with Crippen LogP contribution in [0.4, 0.5) is 0 Å². The minimum atomic E-state index is -0.536. The van der Waals surface area contributed by atoms with Gasteiger partial charge in [0.25, 0.3) is 5.91 Å². The first-order valence-electron chi connectivity index (χ1n) is 9.24. The van der Waals surface area contributed by atoms with Crippen molar-refractivity contribution in [2.24, 2.45) is 0 Å². The molecule has 2 aromatic carbocycles. The second-order valence-electron chi connectivity index (χ2n) is 6.64. The van der Waals surface area contributed by atoms with Gasteiger partial charge in [-0.15, -0.1) is 0 Å². The van der Waals surface area contributed by atoms with E-state index in [-0.39, 0.29) is 12.5 Å². The highest BCUT2D eigenvalue weighted by molar-refractivity contribution is 6.30. The summed E-state index contributed by atoms with van der Waals surface area (Å²) < 4.78 is 5.07.